The summed E-state index contributed by atoms with van der Waals surface area (Å²) in [7, 11) is 0. The molecule has 1 N–H and O–H groups in total. The van der Waals surface area contributed by atoms with Crippen molar-refractivity contribution in [1.29, 1.82) is 0 Å². The molecule has 14 heavy (non-hydrogen) atoms. The van der Waals surface area contributed by atoms with Gasteiger partial charge in [0.05, 0.1) is 0 Å². The van der Waals surface area contributed by atoms with E-state index in [1.807, 2.05) is 0 Å². The highest BCUT2D eigenvalue weighted by Crippen LogP contribution is 2.34. The molecule has 0 saturated heterocycles. The summed E-state index contributed by atoms with van der Waals surface area (Å²) in [5.41, 5.74) is 0.832. The Morgan fingerprint density at radius 1 is 1.00 bits per heavy atom. The molecular formula is C13H27N. The van der Waals surface area contributed by atoms with Gasteiger partial charge in [0.2, 0.25) is 0 Å². The van der Waals surface area contributed by atoms with Crippen molar-refractivity contribution < 1.29 is 0 Å². The zero-order chi connectivity index (χ0) is 10.7. The molecule has 1 fully saturated rings. The summed E-state index contributed by atoms with van der Waals surface area (Å²) in [6.45, 7) is 10.4. The zero-order valence-corrected chi connectivity index (χ0v) is 10.4. The minimum absolute atomic E-state index is 0.273. The van der Waals surface area contributed by atoms with E-state index >= 15 is 0 Å². The molecule has 0 aromatic carbocycles. The van der Waals surface area contributed by atoms with Gasteiger partial charge in [0, 0.05) is 12.1 Å². The Balaban J connectivity index is 2.39. The van der Waals surface area contributed by atoms with Gasteiger partial charge in [-0.1, -0.05) is 32.6 Å². The molecule has 84 valence electrons. The minimum atomic E-state index is 0.273. The molecular weight excluding hydrogens is 170 g/mol. The van der Waals surface area contributed by atoms with Crippen LogP contribution >= 0.6 is 0 Å². The Morgan fingerprint density at radius 2 is 1.50 bits per heavy atom. The molecule has 0 heterocycles. The third-order valence-corrected chi connectivity index (χ3v) is 3.36. The van der Waals surface area contributed by atoms with E-state index in [0.717, 1.165) is 0 Å². The van der Waals surface area contributed by atoms with Crippen molar-refractivity contribution in [3.8, 4) is 0 Å². The summed E-state index contributed by atoms with van der Waals surface area (Å²) in [5.74, 6) is 0. The van der Waals surface area contributed by atoms with Gasteiger partial charge in [-0.3, -0.25) is 0 Å². The van der Waals surface area contributed by atoms with Crippen LogP contribution in [-0.2, 0) is 0 Å². The normalized spacial score (nSPS) is 23.1. The van der Waals surface area contributed by atoms with Crippen LogP contribution in [0.1, 0.15) is 66.2 Å². The molecule has 0 radical (unpaired) electrons. The van der Waals surface area contributed by atoms with Crippen molar-refractivity contribution in [3.63, 3.8) is 0 Å². The lowest BCUT2D eigenvalue weighted by Crippen LogP contribution is -2.42. The SMILES string of the molecule is CC1(CNC(C)(C)C)CCCCCC1. The van der Waals surface area contributed by atoms with Gasteiger partial charge in [0.1, 0.15) is 0 Å². The first-order valence-corrected chi connectivity index (χ1v) is 6.16. The second-order valence-electron chi connectivity index (χ2n) is 6.33. The van der Waals surface area contributed by atoms with Crippen LogP contribution in [0.25, 0.3) is 0 Å². The summed E-state index contributed by atoms with van der Waals surface area (Å²) < 4.78 is 0. The predicted octanol–water partition coefficient (Wildman–Crippen LogP) is 3.74. The van der Waals surface area contributed by atoms with Crippen LogP contribution in [0.3, 0.4) is 0 Å². The highest BCUT2D eigenvalue weighted by molar-refractivity contribution is 4.82. The van der Waals surface area contributed by atoms with E-state index in [0.29, 0.717) is 5.41 Å². The lowest BCUT2D eigenvalue weighted by atomic mass is 9.82. The largest absolute Gasteiger partial charge is 0.312 e. The minimum Gasteiger partial charge on any atom is -0.312 e. The molecule has 1 saturated carbocycles. The highest BCUT2D eigenvalue weighted by atomic mass is 15.0. The van der Waals surface area contributed by atoms with Crippen molar-refractivity contribution in [3.05, 3.63) is 0 Å². The molecule has 0 atom stereocenters. The van der Waals surface area contributed by atoms with E-state index in [1.165, 1.54) is 45.1 Å². The summed E-state index contributed by atoms with van der Waals surface area (Å²) >= 11 is 0. The average Bonchev–Trinajstić information content (AvgIpc) is 2.27. The topological polar surface area (TPSA) is 12.0 Å². The van der Waals surface area contributed by atoms with E-state index < -0.39 is 0 Å². The number of hydrogen-bond donors (Lipinski definition) is 1. The molecule has 0 spiro atoms. The fourth-order valence-corrected chi connectivity index (χ4v) is 2.24. The molecule has 0 amide bonds. The smallest absolute Gasteiger partial charge is 0.00967 e. The van der Waals surface area contributed by atoms with Crippen molar-refractivity contribution in [2.75, 3.05) is 6.54 Å². The molecule has 0 bridgehead atoms. The molecule has 0 unspecified atom stereocenters. The molecule has 1 heteroatoms. The summed E-state index contributed by atoms with van der Waals surface area (Å²) in [5, 5.41) is 3.66. The van der Waals surface area contributed by atoms with Gasteiger partial charge < -0.3 is 5.32 Å². The summed E-state index contributed by atoms with van der Waals surface area (Å²) in [4.78, 5) is 0. The Bertz CT molecular complexity index is 159. The molecule has 0 aliphatic heterocycles. The predicted molar refractivity (Wildman–Crippen MR) is 63.6 cm³/mol. The molecule has 1 rings (SSSR count). The van der Waals surface area contributed by atoms with Crippen molar-refractivity contribution in [1.82, 2.24) is 5.32 Å². The summed E-state index contributed by atoms with van der Waals surface area (Å²) in [6, 6.07) is 0. The number of hydrogen-bond acceptors (Lipinski definition) is 1. The van der Waals surface area contributed by atoms with Crippen LogP contribution in [0.4, 0.5) is 0 Å². The van der Waals surface area contributed by atoms with E-state index in [4.69, 9.17) is 0 Å². The third-order valence-electron chi connectivity index (χ3n) is 3.36. The second kappa shape index (κ2) is 4.65. The van der Waals surface area contributed by atoms with E-state index in [-0.39, 0.29) is 5.54 Å². The molecule has 1 aliphatic carbocycles. The van der Waals surface area contributed by atoms with Gasteiger partial charge in [-0.25, -0.2) is 0 Å². The zero-order valence-electron chi connectivity index (χ0n) is 10.4. The average molecular weight is 197 g/mol. The quantitative estimate of drug-likeness (QED) is 0.665. The van der Waals surface area contributed by atoms with Gasteiger partial charge in [-0.05, 0) is 39.0 Å². The lowest BCUT2D eigenvalue weighted by molar-refractivity contribution is 0.234. The maximum atomic E-state index is 3.66. The Hall–Kier alpha value is -0.0400. The number of nitrogens with one attached hydrogen (secondary N) is 1. The maximum absolute atomic E-state index is 3.66. The molecule has 0 aromatic heterocycles. The van der Waals surface area contributed by atoms with Crippen LogP contribution in [-0.4, -0.2) is 12.1 Å². The monoisotopic (exact) mass is 197 g/mol. The Kier molecular flexibility index (Phi) is 4.00. The van der Waals surface area contributed by atoms with E-state index in [2.05, 4.69) is 33.0 Å². The van der Waals surface area contributed by atoms with Crippen LogP contribution in [0.15, 0.2) is 0 Å². The molecule has 0 aromatic rings. The van der Waals surface area contributed by atoms with Gasteiger partial charge in [-0.15, -0.1) is 0 Å². The maximum Gasteiger partial charge on any atom is 0.00967 e. The molecule has 1 aliphatic rings. The van der Waals surface area contributed by atoms with Crippen LogP contribution in [0, 0.1) is 5.41 Å². The van der Waals surface area contributed by atoms with E-state index in [9.17, 15) is 0 Å². The summed E-state index contributed by atoms with van der Waals surface area (Å²) in [6.07, 6.45) is 8.59. The van der Waals surface area contributed by atoms with E-state index in [1.54, 1.807) is 0 Å². The fourth-order valence-electron chi connectivity index (χ4n) is 2.24. The van der Waals surface area contributed by atoms with Gasteiger partial charge in [0.15, 0.2) is 0 Å². The first-order valence-electron chi connectivity index (χ1n) is 6.16. The van der Waals surface area contributed by atoms with Crippen LogP contribution in [0.5, 0.6) is 0 Å². The van der Waals surface area contributed by atoms with Crippen LogP contribution < -0.4 is 5.32 Å². The second-order valence-corrected chi connectivity index (χ2v) is 6.33. The standard InChI is InChI=1S/C13H27N/c1-12(2,3)14-11-13(4)9-7-5-6-8-10-13/h14H,5-11H2,1-4H3. The van der Waals surface area contributed by atoms with Crippen molar-refractivity contribution >= 4 is 0 Å². The lowest BCUT2D eigenvalue weighted by Gasteiger charge is -2.32. The third kappa shape index (κ3) is 4.45. The van der Waals surface area contributed by atoms with Gasteiger partial charge in [0.25, 0.3) is 0 Å². The van der Waals surface area contributed by atoms with Gasteiger partial charge >= 0.3 is 0 Å². The van der Waals surface area contributed by atoms with Crippen molar-refractivity contribution in [2.24, 2.45) is 5.41 Å². The molecule has 1 nitrogen and oxygen atoms in total. The van der Waals surface area contributed by atoms with Crippen molar-refractivity contribution in [2.45, 2.75) is 71.8 Å². The Labute approximate surface area is 89.7 Å². The number of rotatable bonds is 2. The first kappa shape index (κ1) is 12.0. The Morgan fingerprint density at radius 3 is 1.93 bits per heavy atom. The fraction of sp³-hybridized carbons (Fsp3) is 1.00. The van der Waals surface area contributed by atoms with Crippen LogP contribution in [0.2, 0.25) is 0 Å². The highest BCUT2D eigenvalue weighted by Gasteiger charge is 2.26. The van der Waals surface area contributed by atoms with Gasteiger partial charge in [-0.2, -0.15) is 0 Å². The first-order chi connectivity index (χ1) is 6.41.